The molecule has 0 bridgehead atoms. The van der Waals surface area contributed by atoms with E-state index in [0.717, 1.165) is 67.9 Å². The Morgan fingerprint density at radius 2 is 2.03 bits per heavy atom. The van der Waals surface area contributed by atoms with Crippen molar-refractivity contribution in [1.82, 2.24) is 25.4 Å². The fraction of sp³-hybridized carbons (Fsp3) is 0.625. The molecule has 0 unspecified atom stereocenters. The van der Waals surface area contributed by atoms with E-state index in [0.29, 0.717) is 6.54 Å². The van der Waals surface area contributed by atoms with Gasteiger partial charge in [0.15, 0.2) is 5.96 Å². The highest BCUT2D eigenvalue weighted by Gasteiger charge is 2.14. The average molecular weight is 555 g/mol. The van der Waals surface area contributed by atoms with Crippen LogP contribution in [0.4, 0.5) is 0 Å². The van der Waals surface area contributed by atoms with Gasteiger partial charge in [-0.1, -0.05) is 38.3 Å². The van der Waals surface area contributed by atoms with Crippen molar-refractivity contribution < 1.29 is 4.74 Å². The molecule has 8 heteroatoms. The smallest absolute Gasteiger partial charge is 0.191 e. The van der Waals surface area contributed by atoms with E-state index in [1.165, 1.54) is 37.7 Å². The molecule has 0 fully saturated rings. The molecule has 0 radical (unpaired) electrons. The first-order valence-corrected chi connectivity index (χ1v) is 11.8. The summed E-state index contributed by atoms with van der Waals surface area (Å²) in [7, 11) is 1.80. The van der Waals surface area contributed by atoms with Crippen LogP contribution in [0, 0.1) is 6.92 Å². The molecular weight excluding hydrogens is 515 g/mol. The molecule has 1 aliphatic heterocycles. The molecule has 0 atom stereocenters. The number of fused-ring (bicyclic) bond motifs is 1. The maximum absolute atomic E-state index is 6.06. The molecule has 2 N–H and O–H groups in total. The van der Waals surface area contributed by atoms with Gasteiger partial charge in [-0.15, -0.1) is 34.2 Å². The van der Waals surface area contributed by atoms with E-state index in [1.54, 1.807) is 7.05 Å². The summed E-state index contributed by atoms with van der Waals surface area (Å²) in [6, 6.07) is 6.38. The van der Waals surface area contributed by atoms with Crippen LogP contribution in [0.25, 0.3) is 0 Å². The number of unbranched alkanes of at least 4 members (excludes halogenated alkanes) is 2. The van der Waals surface area contributed by atoms with E-state index in [-0.39, 0.29) is 24.0 Å². The van der Waals surface area contributed by atoms with Crippen molar-refractivity contribution in [1.29, 1.82) is 0 Å². The number of aliphatic imine (C=N–C) groups is 1. The molecule has 1 aromatic heterocycles. The second-order valence-electron chi connectivity index (χ2n) is 8.26. The Kier molecular flexibility index (Phi) is 11.8. The van der Waals surface area contributed by atoms with Gasteiger partial charge in [0.1, 0.15) is 17.4 Å². The molecule has 0 spiro atoms. The third-order valence-electron chi connectivity index (χ3n) is 5.73. The number of aryl methyl sites for hydroxylation is 2. The SMILES string of the molecule is CCCCCOc1cc(C)ccc1CNC(=NC)NCCc1nnc2n1CCCCC2.I. The van der Waals surface area contributed by atoms with E-state index in [1.807, 2.05) is 0 Å². The largest absolute Gasteiger partial charge is 0.493 e. The van der Waals surface area contributed by atoms with Gasteiger partial charge in [0.05, 0.1) is 6.61 Å². The fourth-order valence-electron chi connectivity index (χ4n) is 3.90. The van der Waals surface area contributed by atoms with Gasteiger partial charge in [-0.05, 0) is 37.8 Å². The summed E-state index contributed by atoms with van der Waals surface area (Å²) < 4.78 is 8.37. The molecule has 2 aromatic rings. The predicted octanol–water partition coefficient (Wildman–Crippen LogP) is 4.41. The summed E-state index contributed by atoms with van der Waals surface area (Å²) in [6.45, 7) is 7.55. The highest BCUT2D eigenvalue weighted by molar-refractivity contribution is 14.0. The van der Waals surface area contributed by atoms with Gasteiger partial charge >= 0.3 is 0 Å². The lowest BCUT2D eigenvalue weighted by Gasteiger charge is -2.15. The number of hydrogen-bond donors (Lipinski definition) is 2. The summed E-state index contributed by atoms with van der Waals surface area (Å²) in [5.74, 6) is 3.96. The van der Waals surface area contributed by atoms with E-state index in [2.05, 4.69) is 62.4 Å². The molecule has 0 aliphatic carbocycles. The number of halogens is 1. The Morgan fingerprint density at radius 1 is 1.16 bits per heavy atom. The van der Waals surface area contributed by atoms with Gasteiger partial charge in [0.2, 0.25) is 0 Å². The predicted molar refractivity (Wildman–Crippen MR) is 141 cm³/mol. The van der Waals surface area contributed by atoms with Gasteiger partial charge in [0.25, 0.3) is 0 Å². The molecule has 7 nitrogen and oxygen atoms in total. The highest BCUT2D eigenvalue weighted by Crippen LogP contribution is 2.21. The molecule has 1 aromatic carbocycles. The number of nitrogens with one attached hydrogen (secondary N) is 2. The fourth-order valence-corrected chi connectivity index (χ4v) is 3.90. The van der Waals surface area contributed by atoms with Crippen LogP contribution in [-0.4, -0.2) is 40.9 Å². The summed E-state index contributed by atoms with van der Waals surface area (Å²) in [5.41, 5.74) is 2.36. The lowest BCUT2D eigenvalue weighted by Crippen LogP contribution is -2.38. The molecule has 3 rings (SSSR count). The van der Waals surface area contributed by atoms with Crippen molar-refractivity contribution in [2.24, 2.45) is 4.99 Å². The van der Waals surface area contributed by atoms with E-state index < -0.39 is 0 Å². The van der Waals surface area contributed by atoms with Crippen molar-refractivity contribution in [2.75, 3.05) is 20.2 Å². The van der Waals surface area contributed by atoms with Gasteiger partial charge in [-0.2, -0.15) is 0 Å². The zero-order chi connectivity index (χ0) is 21.9. The molecule has 0 amide bonds. The third-order valence-corrected chi connectivity index (χ3v) is 5.73. The zero-order valence-electron chi connectivity index (χ0n) is 19.8. The number of aromatic nitrogens is 3. The first-order valence-electron chi connectivity index (χ1n) is 11.8. The quantitative estimate of drug-likeness (QED) is 0.197. The molecular formula is C24H39IN6O. The Labute approximate surface area is 209 Å². The average Bonchev–Trinajstić information content (AvgIpc) is 3.00. The topological polar surface area (TPSA) is 76.4 Å². The maximum Gasteiger partial charge on any atom is 0.191 e. The van der Waals surface area contributed by atoms with Crippen LogP contribution in [0.2, 0.25) is 0 Å². The summed E-state index contributed by atoms with van der Waals surface area (Å²) in [6.07, 6.45) is 9.08. The maximum atomic E-state index is 6.06. The Hall–Kier alpha value is -1.84. The number of ether oxygens (including phenoxy) is 1. The minimum absolute atomic E-state index is 0. The van der Waals surface area contributed by atoms with Crippen LogP contribution in [-0.2, 0) is 25.9 Å². The van der Waals surface area contributed by atoms with E-state index >= 15 is 0 Å². The highest BCUT2D eigenvalue weighted by atomic mass is 127. The number of guanidine groups is 1. The normalized spacial score (nSPS) is 13.7. The Bertz CT molecular complexity index is 851. The first kappa shape index (κ1) is 26.4. The lowest BCUT2D eigenvalue weighted by atomic mass is 10.1. The number of hydrogen-bond acceptors (Lipinski definition) is 4. The van der Waals surface area contributed by atoms with Gasteiger partial charge in [-0.25, -0.2) is 0 Å². The molecule has 178 valence electrons. The van der Waals surface area contributed by atoms with E-state index in [4.69, 9.17) is 4.74 Å². The van der Waals surface area contributed by atoms with Crippen molar-refractivity contribution in [3.63, 3.8) is 0 Å². The number of nitrogens with zero attached hydrogens (tertiary/aromatic N) is 4. The van der Waals surface area contributed by atoms with Crippen LogP contribution >= 0.6 is 24.0 Å². The van der Waals surface area contributed by atoms with E-state index in [9.17, 15) is 0 Å². The third kappa shape index (κ3) is 7.94. The van der Waals surface area contributed by atoms with Crippen LogP contribution in [0.15, 0.2) is 23.2 Å². The minimum atomic E-state index is 0. The Morgan fingerprint density at radius 3 is 2.84 bits per heavy atom. The summed E-state index contributed by atoms with van der Waals surface area (Å²) in [4.78, 5) is 4.37. The van der Waals surface area contributed by atoms with Crippen molar-refractivity contribution in [2.45, 2.75) is 78.3 Å². The standard InChI is InChI=1S/C24H38N6O.HI/c1-4-5-9-16-31-21-17-19(2)11-12-20(21)18-27-24(25-3)26-14-13-23-29-28-22-10-7-6-8-15-30(22)23;/h11-12,17H,4-10,13-16,18H2,1-3H3,(H2,25,26,27);1H. The number of benzene rings is 1. The van der Waals surface area contributed by atoms with Crippen LogP contribution in [0.3, 0.4) is 0 Å². The van der Waals surface area contributed by atoms with Gasteiger partial charge in [0, 0.05) is 45.1 Å². The van der Waals surface area contributed by atoms with Crippen molar-refractivity contribution in [3.8, 4) is 5.75 Å². The molecule has 0 saturated heterocycles. The second kappa shape index (κ2) is 14.3. The molecule has 0 saturated carbocycles. The number of rotatable bonds is 10. The Balaban J connectivity index is 0.00000363. The van der Waals surface area contributed by atoms with Crippen LogP contribution in [0.1, 0.15) is 68.2 Å². The summed E-state index contributed by atoms with van der Waals surface area (Å²) in [5, 5.41) is 15.6. The van der Waals surface area contributed by atoms with Crippen LogP contribution in [0.5, 0.6) is 5.75 Å². The first-order chi connectivity index (χ1) is 15.2. The lowest BCUT2D eigenvalue weighted by molar-refractivity contribution is 0.303. The monoisotopic (exact) mass is 554 g/mol. The zero-order valence-corrected chi connectivity index (χ0v) is 22.2. The molecule has 32 heavy (non-hydrogen) atoms. The summed E-state index contributed by atoms with van der Waals surface area (Å²) >= 11 is 0. The van der Waals surface area contributed by atoms with Gasteiger partial charge in [-0.3, -0.25) is 4.99 Å². The molecule has 1 aliphatic rings. The minimum Gasteiger partial charge on any atom is -0.493 e. The van der Waals surface area contributed by atoms with Crippen molar-refractivity contribution >= 4 is 29.9 Å². The van der Waals surface area contributed by atoms with Gasteiger partial charge < -0.3 is 19.9 Å². The van der Waals surface area contributed by atoms with Crippen molar-refractivity contribution in [3.05, 3.63) is 41.0 Å². The second-order valence-corrected chi connectivity index (χ2v) is 8.26. The molecule has 2 heterocycles. The van der Waals surface area contributed by atoms with Crippen LogP contribution < -0.4 is 15.4 Å².